The van der Waals surface area contributed by atoms with Gasteiger partial charge in [-0.25, -0.2) is 0 Å². The molecule has 0 radical (unpaired) electrons. The van der Waals surface area contributed by atoms with Gasteiger partial charge in [0.1, 0.15) is 11.5 Å². The van der Waals surface area contributed by atoms with Crippen LogP contribution < -0.4 is 5.30 Å². The highest BCUT2D eigenvalue weighted by Crippen LogP contribution is 2.80. The summed E-state index contributed by atoms with van der Waals surface area (Å²) in [5.74, 6) is 1.95. The monoisotopic (exact) mass is 594 g/mol. The zero-order valence-electron chi connectivity index (χ0n) is 26.2. The van der Waals surface area contributed by atoms with Gasteiger partial charge in [-0.2, -0.15) is 0 Å². The molecule has 0 spiro atoms. The number of rotatable bonds is 1. The van der Waals surface area contributed by atoms with Crippen molar-refractivity contribution in [2.75, 3.05) is 0 Å². The molecule has 1 aliphatic carbocycles. The van der Waals surface area contributed by atoms with Gasteiger partial charge < -0.3 is 14.4 Å². The Morgan fingerprint density at radius 1 is 0.714 bits per heavy atom. The third kappa shape index (κ3) is 3.43. The fourth-order valence-corrected chi connectivity index (χ4v) is 15.3. The first-order chi connectivity index (χ1) is 19.8. The van der Waals surface area contributed by atoms with Crippen molar-refractivity contribution < 1.29 is 4.42 Å². The third-order valence-corrected chi connectivity index (χ3v) is 16.4. The van der Waals surface area contributed by atoms with Crippen molar-refractivity contribution >= 4 is 23.1 Å². The summed E-state index contributed by atoms with van der Waals surface area (Å²) in [7, 11) is 0. The van der Waals surface area contributed by atoms with Gasteiger partial charge in [-0.1, -0.05) is 61.6 Å². The molecule has 7 rings (SSSR count). The molecular weight excluding hydrogens is 551 g/mol. The largest absolute Gasteiger partial charge is 0.464 e. The Morgan fingerprint density at radius 2 is 1.24 bits per heavy atom. The van der Waals surface area contributed by atoms with E-state index in [-0.39, 0.29) is 21.7 Å². The summed E-state index contributed by atoms with van der Waals surface area (Å²) in [6, 6.07) is 22.3. The van der Waals surface area contributed by atoms with Crippen LogP contribution in [0.25, 0.3) is 0 Å². The number of H-pyrrole nitrogens is 2. The van der Waals surface area contributed by atoms with E-state index in [9.17, 15) is 0 Å². The molecule has 1 aromatic carbocycles. The SMILES string of the molecule is CC(C)=C1[C@@]23CCCC2=C(C(C)(C)c2ccc([nH]2)C(C)(C)c2ccc(o2)C(C)(C)c2ccc3[nH]2)[P@@]1(=S)c1ccccc1. The summed E-state index contributed by atoms with van der Waals surface area (Å²) in [5, 5.41) is 4.28. The molecule has 2 aliphatic heterocycles. The molecule has 2 N–H and O–H groups in total. The molecule has 1 saturated carbocycles. The maximum atomic E-state index is 7.20. The van der Waals surface area contributed by atoms with Crippen LogP contribution in [0.2, 0.25) is 0 Å². The minimum absolute atomic E-state index is 0.214. The highest BCUT2D eigenvalue weighted by Gasteiger charge is 2.60. The Bertz CT molecular complexity index is 1840. The topological polar surface area (TPSA) is 44.7 Å². The second-order valence-electron chi connectivity index (χ2n) is 14.5. The van der Waals surface area contributed by atoms with Crippen molar-refractivity contribution in [1.82, 2.24) is 9.97 Å². The molecular formula is C37H43N2OPS. The molecule has 1 fully saturated rings. The molecule has 8 bridgehead atoms. The maximum Gasteiger partial charge on any atom is 0.115 e. The number of aromatic nitrogens is 2. The standard InChI is InChI=1S/C37H43N2OPS/c1-23(2)32-37-22-12-15-25(37)33(41(32,42)24-13-10-9-11-14-24)36(7,8)28-17-16-26(38-28)34(3,4)30-20-21-31(40-30)35(5,6)27-18-19-29(37)39-27/h9-11,13-14,16-21,38-39H,12,15,22H2,1-8H3/t37-,41+/m0/s1. The minimum Gasteiger partial charge on any atom is -0.464 e. The van der Waals surface area contributed by atoms with Gasteiger partial charge in [0.15, 0.2) is 0 Å². The van der Waals surface area contributed by atoms with Crippen LogP contribution in [-0.4, -0.2) is 9.97 Å². The van der Waals surface area contributed by atoms with E-state index in [0.717, 1.165) is 36.5 Å². The summed E-state index contributed by atoms with van der Waals surface area (Å²) in [6.45, 7) is 18.5. The lowest BCUT2D eigenvalue weighted by atomic mass is 9.74. The first-order valence-corrected chi connectivity index (χ1v) is 18.2. The molecule has 3 nitrogen and oxygen atoms in total. The lowest BCUT2D eigenvalue weighted by molar-refractivity contribution is 0.359. The molecule has 0 saturated heterocycles. The number of benzene rings is 1. The van der Waals surface area contributed by atoms with Gasteiger partial charge in [-0.15, -0.1) is 0 Å². The number of nitrogens with one attached hydrogen (secondary N) is 2. The molecule has 42 heavy (non-hydrogen) atoms. The Hall–Kier alpha value is -2.81. The van der Waals surface area contributed by atoms with E-state index in [2.05, 4.69) is 132 Å². The van der Waals surface area contributed by atoms with Crippen molar-refractivity contribution in [3.8, 4) is 0 Å². The lowest BCUT2D eigenvalue weighted by Crippen LogP contribution is -2.27. The summed E-state index contributed by atoms with van der Waals surface area (Å²) < 4.78 is 6.70. The number of hydrogen-bond donors (Lipinski definition) is 2. The van der Waals surface area contributed by atoms with Crippen LogP contribution in [0.15, 0.2) is 92.9 Å². The quantitative estimate of drug-likeness (QED) is 0.216. The maximum absolute atomic E-state index is 7.20. The summed E-state index contributed by atoms with van der Waals surface area (Å²) in [4.78, 5) is 7.95. The summed E-state index contributed by atoms with van der Waals surface area (Å²) in [6.07, 6.45) is 3.33. The van der Waals surface area contributed by atoms with E-state index in [4.69, 9.17) is 16.2 Å². The van der Waals surface area contributed by atoms with E-state index in [1.165, 1.54) is 38.6 Å². The Balaban J connectivity index is 1.63. The number of furan rings is 1. The number of allylic oxidation sites excluding steroid dienone is 4. The molecule has 3 aromatic heterocycles. The second-order valence-corrected chi connectivity index (χ2v) is 18.8. The number of hydrogen-bond acceptors (Lipinski definition) is 2. The van der Waals surface area contributed by atoms with Gasteiger partial charge in [-0.3, -0.25) is 0 Å². The van der Waals surface area contributed by atoms with E-state index >= 15 is 0 Å². The number of aromatic amines is 2. The predicted octanol–water partition coefficient (Wildman–Crippen LogP) is 9.67. The van der Waals surface area contributed by atoms with Crippen LogP contribution in [0.1, 0.15) is 109 Å². The van der Waals surface area contributed by atoms with Gasteiger partial charge in [0.2, 0.25) is 0 Å². The van der Waals surface area contributed by atoms with Gasteiger partial charge in [0.05, 0.1) is 16.2 Å². The zero-order chi connectivity index (χ0) is 29.9. The van der Waals surface area contributed by atoms with Crippen LogP contribution >= 0.6 is 6.04 Å². The van der Waals surface area contributed by atoms with Crippen LogP contribution in [0.3, 0.4) is 0 Å². The lowest BCUT2D eigenvalue weighted by Gasteiger charge is -2.37. The molecule has 5 heteroatoms. The van der Waals surface area contributed by atoms with Crippen molar-refractivity contribution in [2.24, 2.45) is 0 Å². The Morgan fingerprint density at radius 3 is 1.81 bits per heavy atom. The molecule has 4 aromatic rings. The van der Waals surface area contributed by atoms with Gasteiger partial charge in [0.25, 0.3) is 0 Å². The average Bonchev–Trinajstić information content (AvgIpc) is 3.74. The Labute approximate surface area is 255 Å². The average molecular weight is 595 g/mol. The van der Waals surface area contributed by atoms with E-state index in [0.29, 0.717) is 0 Å². The number of fused-ring (bicyclic) bond motifs is 6. The first-order valence-electron chi connectivity index (χ1n) is 15.4. The Kier molecular flexibility index (Phi) is 5.91. The third-order valence-electron chi connectivity index (χ3n) is 10.7. The van der Waals surface area contributed by atoms with Crippen molar-refractivity contribution in [3.63, 3.8) is 0 Å². The van der Waals surface area contributed by atoms with Crippen LogP contribution in [0.5, 0.6) is 0 Å². The smallest absolute Gasteiger partial charge is 0.115 e. The van der Waals surface area contributed by atoms with Crippen LogP contribution in [0.4, 0.5) is 0 Å². The molecule has 2 atom stereocenters. The van der Waals surface area contributed by atoms with Crippen LogP contribution in [-0.2, 0) is 33.5 Å². The fourth-order valence-electron chi connectivity index (χ4n) is 8.42. The normalized spacial score (nSPS) is 27.0. The van der Waals surface area contributed by atoms with Gasteiger partial charge in [0, 0.05) is 34.2 Å². The highest BCUT2D eigenvalue weighted by molar-refractivity contribution is 8.22. The van der Waals surface area contributed by atoms with Crippen molar-refractivity contribution in [3.05, 3.63) is 123 Å². The van der Waals surface area contributed by atoms with Crippen LogP contribution in [0, 0.1) is 0 Å². The molecule has 5 heterocycles. The summed E-state index contributed by atoms with van der Waals surface area (Å²) in [5.41, 5.74) is 6.65. The molecule has 218 valence electrons. The van der Waals surface area contributed by atoms with Crippen molar-refractivity contribution in [1.29, 1.82) is 0 Å². The fraction of sp³-hybridized carbons (Fsp3) is 0.405. The minimum atomic E-state index is -2.36. The first kappa shape index (κ1) is 28.0. The van der Waals surface area contributed by atoms with E-state index in [1.54, 1.807) is 5.57 Å². The molecule has 3 aliphatic rings. The highest BCUT2D eigenvalue weighted by atomic mass is 32.4. The molecule has 0 amide bonds. The van der Waals surface area contributed by atoms with Gasteiger partial charge >= 0.3 is 0 Å². The van der Waals surface area contributed by atoms with Crippen molar-refractivity contribution in [2.45, 2.75) is 96.3 Å². The summed E-state index contributed by atoms with van der Waals surface area (Å²) >= 11 is 7.20. The predicted molar refractivity (Wildman–Crippen MR) is 179 cm³/mol. The van der Waals surface area contributed by atoms with E-state index in [1.807, 2.05) is 0 Å². The second kappa shape index (κ2) is 8.87. The van der Waals surface area contributed by atoms with E-state index < -0.39 is 6.04 Å². The molecule has 0 unspecified atom stereocenters. The zero-order valence-corrected chi connectivity index (χ0v) is 27.9. The van der Waals surface area contributed by atoms with Gasteiger partial charge in [-0.05, 0) is 119 Å².